The Bertz CT molecular complexity index is 1430. The van der Waals surface area contributed by atoms with E-state index in [4.69, 9.17) is 24.7 Å². The molecule has 10 heteroatoms. The SMILES string of the molecule is CCCCCOc1ccccc1C1C(C#N)=C(N)Oc2cc(OC(=O)COc3ccc([N+](=O)[O-])cc3)ccc21. The van der Waals surface area contributed by atoms with Crippen LogP contribution in [-0.4, -0.2) is 24.1 Å². The molecule has 0 saturated carbocycles. The van der Waals surface area contributed by atoms with Gasteiger partial charge >= 0.3 is 5.97 Å². The van der Waals surface area contributed by atoms with Gasteiger partial charge in [0.2, 0.25) is 5.88 Å². The van der Waals surface area contributed by atoms with Gasteiger partial charge < -0.3 is 24.7 Å². The van der Waals surface area contributed by atoms with Gasteiger partial charge in [-0.3, -0.25) is 10.1 Å². The summed E-state index contributed by atoms with van der Waals surface area (Å²) < 4.78 is 22.6. The molecule has 0 spiro atoms. The molecule has 10 nitrogen and oxygen atoms in total. The number of benzene rings is 3. The summed E-state index contributed by atoms with van der Waals surface area (Å²) in [6.07, 6.45) is 3.05. The van der Waals surface area contributed by atoms with Gasteiger partial charge in [-0.05, 0) is 30.7 Å². The largest absolute Gasteiger partial charge is 0.493 e. The Morgan fingerprint density at radius 1 is 1.05 bits per heavy atom. The highest BCUT2D eigenvalue weighted by Gasteiger charge is 2.33. The highest BCUT2D eigenvalue weighted by Crippen LogP contribution is 2.45. The summed E-state index contributed by atoms with van der Waals surface area (Å²) in [5, 5.41) is 20.7. The summed E-state index contributed by atoms with van der Waals surface area (Å²) in [5.74, 6) is 0.225. The number of nitriles is 1. The van der Waals surface area contributed by atoms with Crippen molar-refractivity contribution >= 4 is 11.7 Å². The smallest absolute Gasteiger partial charge is 0.349 e. The molecule has 3 aromatic carbocycles. The lowest BCUT2D eigenvalue weighted by Gasteiger charge is -2.28. The number of hydrogen-bond acceptors (Lipinski definition) is 9. The van der Waals surface area contributed by atoms with Crippen LogP contribution in [-0.2, 0) is 4.79 Å². The minimum Gasteiger partial charge on any atom is -0.493 e. The Balaban J connectivity index is 1.51. The molecule has 3 aromatic rings. The van der Waals surface area contributed by atoms with E-state index in [1.807, 2.05) is 24.3 Å². The van der Waals surface area contributed by atoms with Gasteiger partial charge in [0.1, 0.15) is 34.6 Å². The number of nitro benzene ring substituents is 1. The first-order valence-electron chi connectivity index (χ1n) is 12.4. The number of hydrogen-bond donors (Lipinski definition) is 1. The van der Waals surface area contributed by atoms with Crippen molar-refractivity contribution in [3.05, 3.63) is 99.4 Å². The predicted molar refractivity (Wildman–Crippen MR) is 141 cm³/mol. The van der Waals surface area contributed by atoms with Crippen molar-refractivity contribution in [3.8, 4) is 29.1 Å². The van der Waals surface area contributed by atoms with Gasteiger partial charge in [0.25, 0.3) is 5.69 Å². The van der Waals surface area contributed by atoms with Gasteiger partial charge in [-0.2, -0.15) is 5.26 Å². The fourth-order valence-electron chi connectivity index (χ4n) is 4.17. The summed E-state index contributed by atoms with van der Waals surface area (Å²) in [5.41, 5.74) is 7.76. The van der Waals surface area contributed by atoms with Gasteiger partial charge in [-0.15, -0.1) is 0 Å². The van der Waals surface area contributed by atoms with E-state index in [1.54, 1.807) is 12.1 Å². The van der Waals surface area contributed by atoms with Gasteiger partial charge in [0, 0.05) is 29.3 Å². The molecule has 0 bridgehead atoms. The molecule has 4 rings (SSSR count). The number of unbranched alkanes of at least 4 members (excludes halogenated alkanes) is 2. The summed E-state index contributed by atoms with van der Waals surface area (Å²) >= 11 is 0. The lowest BCUT2D eigenvalue weighted by Crippen LogP contribution is -2.22. The van der Waals surface area contributed by atoms with E-state index in [9.17, 15) is 20.2 Å². The maximum atomic E-state index is 12.4. The third kappa shape index (κ3) is 6.45. The zero-order valence-electron chi connectivity index (χ0n) is 21.3. The van der Waals surface area contributed by atoms with E-state index in [2.05, 4.69) is 13.0 Å². The van der Waals surface area contributed by atoms with Crippen LogP contribution in [0.4, 0.5) is 5.69 Å². The Morgan fingerprint density at radius 3 is 2.51 bits per heavy atom. The molecule has 1 heterocycles. The Labute approximate surface area is 225 Å². The topological polar surface area (TPSA) is 147 Å². The number of nitro groups is 1. The first-order valence-corrected chi connectivity index (χ1v) is 12.4. The summed E-state index contributed by atoms with van der Waals surface area (Å²) in [4.78, 5) is 22.6. The van der Waals surface area contributed by atoms with E-state index in [1.165, 1.54) is 30.3 Å². The van der Waals surface area contributed by atoms with Gasteiger partial charge in [-0.1, -0.05) is 44.0 Å². The lowest BCUT2D eigenvalue weighted by atomic mass is 9.83. The predicted octanol–water partition coefficient (Wildman–Crippen LogP) is 5.37. The Kier molecular flexibility index (Phi) is 8.64. The Hall–Kier alpha value is -5.04. The van der Waals surface area contributed by atoms with E-state index in [0.29, 0.717) is 23.7 Å². The number of para-hydroxylation sites is 1. The molecule has 1 atom stereocenters. The van der Waals surface area contributed by atoms with Crippen molar-refractivity contribution in [2.24, 2.45) is 5.73 Å². The number of carbonyl (C=O) groups excluding carboxylic acids is 1. The molecule has 39 heavy (non-hydrogen) atoms. The summed E-state index contributed by atoms with van der Waals surface area (Å²) in [7, 11) is 0. The standard InChI is InChI=1S/C29H27N3O7/c1-2-3-6-15-36-25-8-5-4-7-22(25)28-23-14-13-21(16-26(23)39-29(31)24(28)17-30)38-27(33)18-37-20-11-9-19(10-12-20)32(34)35/h4-5,7-14,16,28H,2-3,6,15,18,31H2,1H3. The number of nitrogens with two attached hydrogens (primary N) is 1. The molecule has 1 aliphatic rings. The fraction of sp³-hybridized carbons (Fsp3) is 0.241. The molecule has 1 aliphatic heterocycles. The average Bonchev–Trinajstić information content (AvgIpc) is 2.94. The van der Waals surface area contributed by atoms with Gasteiger partial charge in [-0.25, -0.2) is 4.79 Å². The first kappa shape index (κ1) is 27.0. The highest BCUT2D eigenvalue weighted by molar-refractivity contribution is 5.74. The fourth-order valence-corrected chi connectivity index (χ4v) is 4.17. The highest BCUT2D eigenvalue weighted by atomic mass is 16.6. The van der Waals surface area contributed by atoms with E-state index in [-0.39, 0.29) is 28.6 Å². The van der Waals surface area contributed by atoms with Crippen molar-refractivity contribution in [2.45, 2.75) is 32.1 Å². The molecular formula is C29H27N3O7. The minimum absolute atomic E-state index is 0.0410. The number of esters is 1. The van der Waals surface area contributed by atoms with Crippen LogP contribution in [0.1, 0.15) is 43.2 Å². The van der Waals surface area contributed by atoms with Crippen LogP contribution < -0.4 is 24.7 Å². The summed E-state index contributed by atoms with van der Waals surface area (Å²) in [6.45, 7) is 2.26. The van der Waals surface area contributed by atoms with Crippen LogP contribution in [0.5, 0.6) is 23.0 Å². The third-order valence-corrected chi connectivity index (χ3v) is 6.06. The lowest BCUT2D eigenvalue weighted by molar-refractivity contribution is -0.384. The number of rotatable bonds is 11. The van der Waals surface area contributed by atoms with Gasteiger partial charge in [0.15, 0.2) is 6.61 Å². The number of carbonyl (C=O) groups is 1. The number of fused-ring (bicyclic) bond motifs is 1. The molecule has 0 saturated heterocycles. The zero-order chi connectivity index (χ0) is 27.8. The minimum atomic E-state index is -0.687. The monoisotopic (exact) mass is 529 g/mol. The number of ether oxygens (including phenoxy) is 4. The van der Waals surface area contributed by atoms with Crippen LogP contribution in [0.2, 0.25) is 0 Å². The van der Waals surface area contributed by atoms with Crippen LogP contribution in [0.3, 0.4) is 0 Å². The first-order chi connectivity index (χ1) is 18.9. The average molecular weight is 530 g/mol. The molecular weight excluding hydrogens is 502 g/mol. The molecule has 2 N–H and O–H groups in total. The quantitative estimate of drug-likeness (QED) is 0.114. The summed E-state index contributed by atoms with van der Waals surface area (Å²) in [6, 6.07) is 19.9. The molecule has 0 aliphatic carbocycles. The molecule has 1 unspecified atom stereocenters. The number of allylic oxidation sites excluding steroid dienone is 1. The molecule has 0 radical (unpaired) electrons. The number of nitrogens with zero attached hydrogens (tertiary/aromatic N) is 2. The molecule has 0 amide bonds. The van der Waals surface area contributed by atoms with Crippen molar-refractivity contribution in [3.63, 3.8) is 0 Å². The van der Waals surface area contributed by atoms with Crippen molar-refractivity contribution in [1.29, 1.82) is 5.26 Å². The second-order valence-electron chi connectivity index (χ2n) is 8.73. The molecule has 0 aromatic heterocycles. The van der Waals surface area contributed by atoms with Crippen LogP contribution >= 0.6 is 0 Å². The second-order valence-corrected chi connectivity index (χ2v) is 8.73. The normalized spacial score (nSPS) is 14.0. The van der Waals surface area contributed by atoms with Crippen LogP contribution in [0.25, 0.3) is 0 Å². The second kappa shape index (κ2) is 12.5. The van der Waals surface area contributed by atoms with E-state index in [0.717, 1.165) is 24.8 Å². The van der Waals surface area contributed by atoms with Crippen LogP contribution in [0.15, 0.2) is 78.2 Å². The molecule has 200 valence electrons. The zero-order valence-corrected chi connectivity index (χ0v) is 21.3. The van der Waals surface area contributed by atoms with Crippen LogP contribution in [0, 0.1) is 21.4 Å². The van der Waals surface area contributed by atoms with Gasteiger partial charge in [0.05, 0.1) is 17.4 Å². The maximum absolute atomic E-state index is 12.4. The molecule has 0 fully saturated rings. The van der Waals surface area contributed by atoms with Crippen molar-refractivity contribution in [1.82, 2.24) is 0 Å². The van der Waals surface area contributed by atoms with E-state index < -0.39 is 23.4 Å². The van der Waals surface area contributed by atoms with Crippen molar-refractivity contribution < 1.29 is 28.7 Å². The number of non-ortho nitro benzene ring substituents is 1. The van der Waals surface area contributed by atoms with E-state index >= 15 is 0 Å². The third-order valence-electron chi connectivity index (χ3n) is 6.06. The van der Waals surface area contributed by atoms with Crippen molar-refractivity contribution in [2.75, 3.05) is 13.2 Å². The Morgan fingerprint density at radius 2 is 1.79 bits per heavy atom. The maximum Gasteiger partial charge on any atom is 0.349 e.